The molecule has 0 bridgehead atoms. The molecule has 0 heterocycles. The van der Waals surface area contributed by atoms with Gasteiger partial charge in [-0.3, -0.25) is 4.79 Å². The van der Waals surface area contributed by atoms with Crippen molar-refractivity contribution in [3.05, 3.63) is 34.3 Å². The molecule has 4 heteroatoms. The maximum absolute atomic E-state index is 11.7. The molecule has 94 valence electrons. The summed E-state index contributed by atoms with van der Waals surface area (Å²) in [5, 5.41) is 6.05. The number of amides is 1. The van der Waals surface area contributed by atoms with E-state index in [-0.39, 0.29) is 11.9 Å². The summed E-state index contributed by atoms with van der Waals surface area (Å²) in [5.74, 6) is 0.0157. The lowest BCUT2D eigenvalue weighted by molar-refractivity contribution is -0.121. The predicted octanol–water partition coefficient (Wildman–Crippen LogP) is 2.62. The van der Waals surface area contributed by atoms with E-state index in [4.69, 9.17) is 0 Å². The fourth-order valence-electron chi connectivity index (χ4n) is 1.49. The number of carbonyl (C=O) groups excluding carboxylic acids is 1. The SMILES string of the molecule is CC(C)NCC(=O)NC(C)c1ccccc1Br. The van der Waals surface area contributed by atoms with E-state index in [9.17, 15) is 4.79 Å². The van der Waals surface area contributed by atoms with E-state index in [1.807, 2.05) is 45.0 Å². The zero-order valence-corrected chi connectivity index (χ0v) is 12.0. The molecule has 17 heavy (non-hydrogen) atoms. The fraction of sp³-hybridized carbons (Fsp3) is 0.462. The molecule has 0 saturated carbocycles. The molecule has 3 nitrogen and oxygen atoms in total. The first-order chi connectivity index (χ1) is 8.00. The van der Waals surface area contributed by atoms with Crippen LogP contribution in [0.3, 0.4) is 0 Å². The number of rotatable bonds is 5. The second-order valence-corrected chi connectivity index (χ2v) is 5.20. The summed E-state index contributed by atoms with van der Waals surface area (Å²) < 4.78 is 1.02. The molecule has 0 saturated heterocycles. The molecular weight excluding hydrogens is 280 g/mol. The average molecular weight is 299 g/mol. The van der Waals surface area contributed by atoms with E-state index >= 15 is 0 Å². The third-order valence-corrected chi connectivity index (χ3v) is 3.14. The highest BCUT2D eigenvalue weighted by Crippen LogP contribution is 2.22. The van der Waals surface area contributed by atoms with Gasteiger partial charge < -0.3 is 10.6 Å². The Morgan fingerprint density at radius 3 is 2.53 bits per heavy atom. The van der Waals surface area contributed by atoms with Crippen LogP contribution in [0.5, 0.6) is 0 Å². The Hall–Kier alpha value is -0.870. The van der Waals surface area contributed by atoms with Gasteiger partial charge in [-0.25, -0.2) is 0 Å². The Kier molecular flexibility index (Phi) is 5.65. The van der Waals surface area contributed by atoms with Crippen LogP contribution in [0.25, 0.3) is 0 Å². The van der Waals surface area contributed by atoms with Crippen LogP contribution in [0, 0.1) is 0 Å². The first kappa shape index (κ1) is 14.2. The van der Waals surface area contributed by atoms with Crippen LogP contribution in [0.1, 0.15) is 32.4 Å². The van der Waals surface area contributed by atoms with Gasteiger partial charge in [-0.1, -0.05) is 48.0 Å². The van der Waals surface area contributed by atoms with Gasteiger partial charge in [0.2, 0.25) is 5.91 Å². The van der Waals surface area contributed by atoms with Gasteiger partial charge in [0.15, 0.2) is 0 Å². The van der Waals surface area contributed by atoms with Gasteiger partial charge in [0.1, 0.15) is 0 Å². The van der Waals surface area contributed by atoms with E-state index in [0.717, 1.165) is 10.0 Å². The predicted molar refractivity (Wildman–Crippen MR) is 73.8 cm³/mol. The topological polar surface area (TPSA) is 41.1 Å². The van der Waals surface area contributed by atoms with Crippen molar-refractivity contribution < 1.29 is 4.79 Å². The zero-order valence-electron chi connectivity index (χ0n) is 10.5. The van der Waals surface area contributed by atoms with E-state index < -0.39 is 0 Å². The minimum absolute atomic E-state index is 0.00652. The summed E-state index contributed by atoms with van der Waals surface area (Å²) in [4.78, 5) is 11.7. The maximum atomic E-state index is 11.7. The van der Waals surface area contributed by atoms with Crippen LogP contribution in [-0.4, -0.2) is 18.5 Å². The molecule has 1 aromatic carbocycles. The third kappa shape index (κ3) is 4.88. The lowest BCUT2D eigenvalue weighted by Gasteiger charge is -2.16. The number of hydrogen-bond donors (Lipinski definition) is 2. The number of hydrogen-bond acceptors (Lipinski definition) is 2. The molecule has 0 aliphatic carbocycles. The van der Waals surface area contributed by atoms with Gasteiger partial charge in [-0.2, -0.15) is 0 Å². The van der Waals surface area contributed by atoms with Crippen molar-refractivity contribution in [3.8, 4) is 0 Å². The van der Waals surface area contributed by atoms with Gasteiger partial charge >= 0.3 is 0 Å². The van der Waals surface area contributed by atoms with Crippen molar-refractivity contribution in [2.75, 3.05) is 6.54 Å². The zero-order chi connectivity index (χ0) is 12.8. The van der Waals surface area contributed by atoms with Crippen LogP contribution in [0.4, 0.5) is 0 Å². The molecular formula is C13H19BrN2O. The van der Waals surface area contributed by atoms with Gasteiger partial charge in [-0.15, -0.1) is 0 Å². The molecule has 1 unspecified atom stereocenters. The summed E-state index contributed by atoms with van der Waals surface area (Å²) in [5.41, 5.74) is 1.09. The van der Waals surface area contributed by atoms with E-state index in [2.05, 4.69) is 26.6 Å². The van der Waals surface area contributed by atoms with Gasteiger partial charge in [0.05, 0.1) is 12.6 Å². The molecule has 0 fully saturated rings. The van der Waals surface area contributed by atoms with E-state index in [1.165, 1.54) is 0 Å². The first-order valence-electron chi connectivity index (χ1n) is 5.78. The molecule has 1 amide bonds. The standard InChI is InChI=1S/C13H19BrN2O/c1-9(2)15-8-13(17)16-10(3)11-6-4-5-7-12(11)14/h4-7,9-10,15H,8H2,1-3H3,(H,16,17). The second kappa shape index (κ2) is 6.77. The maximum Gasteiger partial charge on any atom is 0.234 e. The summed E-state index contributed by atoms with van der Waals surface area (Å²) >= 11 is 3.48. The molecule has 0 aromatic heterocycles. The minimum Gasteiger partial charge on any atom is -0.348 e. The lowest BCUT2D eigenvalue weighted by atomic mass is 10.1. The van der Waals surface area contributed by atoms with Crippen LogP contribution in [-0.2, 0) is 4.79 Å². The first-order valence-corrected chi connectivity index (χ1v) is 6.57. The third-order valence-electron chi connectivity index (χ3n) is 2.42. The molecule has 0 aliphatic heterocycles. The van der Waals surface area contributed by atoms with Crippen molar-refractivity contribution in [2.24, 2.45) is 0 Å². The highest BCUT2D eigenvalue weighted by Gasteiger charge is 2.11. The van der Waals surface area contributed by atoms with E-state index in [1.54, 1.807) is 0 Å². The van der Waals surface area contributed by atoms with Crippen LogP contribution >= 0.6 is 15.9 Å². The van der Waals surface area contributed by atoms with Crippen LogP contribution < -0.4 is 10.6 Å². The Morgan fingerprint density at radius 1 is 1.29 bits per heavy atom. The van der Waals surface area contributed by atoms with E-state index in [0.29, 0.717) is 12.6 Å². The summed E-state index contributed by atoms with van der Waals surface area (Å²) in [6.07, 6.45) is 0. The van der Waals surface area contributed by atoms with Crippen molar-refractivity contribution in [1.82, 2.24) is 10.6 Å². The second-order valence-electron chi connectivity index (χ2n) is 4.35. The van der Waals surface area contributed by atoms with Gasteiger partial charge in [-0.05, 0) is 18.6 Å². The lowest BCUT2D eigenvalue weighted by Crippen LogP contribution is -2.38. The van der Waals surface area contributed by atoms with Crippen molar-refractivity contribution in [1.29, 1.82) is 0 Å². The molecule has 0 radical (unpaired) electrons. The number of halogens is 1. The Bertz CT molecular complexity index is 379. The fourth-order valence-corrected chi connectivity index (χ4v) is 2.12. The highest BCUT2D eigenvalue weighted by atomic mass is 79.9. The van der Waals surface area contributed by atoms with Crippen molar-refractivity contribution >= 4 is 21.8 Å². The van der Waals surface area contributed by atoms with Crippen molar-refractivity contribution in [3.63, 3.8) is 0 Å². The summed E-state index contributed by atoms with van der Waals surface area (Å²) in [6.45, 7) is 6.37. The number of nitrogens with one attached hydrogen (secondary N) is 2. The smallest absolute Gasteiger partial charge is 0.234 e. The minimum atomic E-state index is 0.00652. The molecule has 2 N–H and O–H groups in total. The normalized spacial score (nSPS) is 12.5. The Morgan fingerprint density at radius 2 is 1.94 bits per heavy atom. The molecule has 1 aromatic rings. The highest BCUT2D eigenvalue weighted by molar-refractivity contribution is 9.10. The molecule has 0 aliphatic rings. The molecule has 1 rings (SSSR count). The Balaban J connectivity index is 2.52. The largest absolute Gasteiger partial charge is 0.348 e. The Labute approximate surface area is 111 Å². The van der Waals surface area contributed by atoms with Gasteiger partial charge in [0.25, 0.3) is 0 Å². The van der Waals surface area contributed by atoms with Crippen LogP contribution in [0.2, 0.25) is 0 Å². The molecule has 1 atom stereocenters. The van der Waals surface area contributed by atoms with Crippen LogP contribution in [0.15, 0.2) is 28.7 Å². The quantitative estimate of drug-likeness (QED) is 0.877. The van der Waals surface area contributed by atoms with Crippen molar-refractivity contribution in [2.45, 2.75) is 32.9 Å². The summed E-state index contributed by atoms with van der Waals surface area (Å²) in [6, 6.07) is 8.24. The summed E-state index contributed by atoms with van der Waals surface area (Å²) in [7, 11) is 0. The van der Waals surface area contributed by atoms with Gasteiger partial charge in [0, 0.05) is 10.5 Å². The average Bonchev–Trinajstić information content (AvgIpc) is 2.26. The monoisotopic (exact) mass is 298 g/mol. The molecule has 0 spiro atoms. The number of carbonyl (C=O) groups is 1. The number of benzene rings is 1.